The summed E-state index contributed by atoms with van der Waals surface area (Å²) in [5.41, 5.74) is 1.17. The Labute approximate surface area is 88.3 Å². The molecule has 0 atom stereocenters. The molecule has 2 rings (SSSR count). The number of rotatable bonds is 1. The van der Waals surface area contributed by atoms with E-state index in [2.05, 4.69) is 12.7 Å². The van der Waals surface area contributed by atoms with Crippen LogP contribution in [0.2, 0.25) is 0 Å². The molecule has 0 saturated carbocycles. The van der Waals surface area contributed by atoms with E-state index in [1.807, 2.05) is 30.3 Å². The van der Waals surface area contributed by atoms with E-state index < -0.39 is 5.97 Å². The Morgan fingerprint density at radius 3 is 2.73 bits per heavy atom. The number of carboxylic acid groups (broad SMARTS) is 1. The van der Waals surface area contributed by atoms with Crippen molar-refractivity contribution in [1.82, 2.24) is 0 Å². The number of carboxylic acids is 1. The smallest absolute Gasteiger partial charge is 0.327 e. The first-order valence-electron chi connectivity index (χ1n) is 4.48. The molecule has 1 aliphatic heterocycles. The predicted molar refractivity (Wildman–Crippen MR) is 58.8 cm³/mol. The Morgan fingerprint density at radius 2 is 2.13 bits per heavy atom. The monoisotopic (exact) mass is 204 g/mol. The molecule has 0 radical (unpaired) electrons. The van der Waals surface area contributed by atoms with Gasteiger partial charge in [-0.15, -0.1) is 0 Å². The Balaban J connectivity index is 0.000000195. The Morgan fingerprint density at radius 1 is 1.47 bits per heavy atom. The van der Waals surface area contributed by atoms with Crippen molar-refractivity contribution in [2.75, 3.05) is 6.61 Å². The summed E-state index contributed by atoms with van der Waals surface area (Å²) < 4.78 is 5.34. The van der Waals surface area contributed by atoms with Crippen LogP contribution in [-0.2, 0) is 4.79 Å². The molecular weight excluding hydrogens is 192 g/mol. The van der Waals surface area contributed by atoms with Crippen LogP contribution in [-0.4, -0.2) is 17.7 Å². The molecule has 78 valence electrons. The molecule has 0 unspecified atom stereocenters. The summed E-state index contributed by atoms with van der Waals surface area (Å²) in [5, 5.41) is 7.60. The second-order valence-electron chi connectivity index (χ2n) is 2.79. The van der Waals surface area contributed by atoms with Crippen molar-refractivity contribution in [1.29, 1.82) is 0 Å². The van der Waals surface area contributed by atoms with Crippen LogP contribution >= 0.6 is 0 Å². The van der Waals surface area contributed by atoms with Gasteiger partial charge in [-0.05, 0) is 12.1 Å². The Bertz CT molecular complexity index is 380. The van der Waals surface area contributed by atoms with Crippen LogP contribution in [0.5, 0.6) is 5.75 Å². The second kappa shape index (κ2) is 5.65. The minimum Gasteiger partial charge on any atom is -0.489 e. The fourth-order valence-electron chi connectivity index (χ4n) is 1.06. The zero-order valence-electron chi connectivity index (χ0n) is 8.22. The van der Waals surface area contributed by atoms with Crippen molar-refractivity contribution in [3.05, 3.63) is 48.6 Å². The van der Waals surface area contributed by atoms with Crippen LogP contribution in [0.25, 0.3) is 6.08 Å². The largest absolute Gasteiger partial charge is 0.489 e. The fourth-order valence-corrected chi connectivity index (χ4v) is 1.06. The first-order valence-corrected chi connectivity index (χ1v) is 4.48. The van der Waals surface area contributed by atoms with Gasteiger partial charge < -0.3 is 9.84 Å². The van der Waals surface area contributed by atoms with Crippen molar-refractivity contribution in [2.45, 2.75) is 0 Å². The summed E-state index contributed by atoms with van der Waals surface area (Å²) in [6.07, 6.45) is 4.93. The van der Waals surface area contributed by atoms with Crippen molar-refractivity contribution < 1.29 is 14.6 Å². The zero-order chi connectivity index (χ0) is 11.1. The minimum atomic E-state index is -0.981. The van der Waals surface area contributed by atoms with Crippen molar-refractivity contribution in [2.24, 2.45) is 0 Å². The first-order chi connectivity index (χ1) is 7.24. The Hall–Kier alpha value is -2.03. The van der Waals surface area contributed by atoms with Gasteiger partial charge in [-0.1, -0.05) is 30.9 Å². The Kier molecular flexibility index (Phi) is 4.16. The number of benzene rings is 1. The van der Waals surface area contributed by atoms with Gasteiger partial charge >= 0.3 is 5.97 Å². The average Bonchev–Trinajstić information content (AvgIpc) is 2.30. The molecule has 15 heavy (non-hydrogen) atoms. The molecule has 0 bridgehead atoms. The summed E-state index contributed by atoms with van der Waals surface area (Å²) in [6, 6.07) is 8.03. The van der Waals surface area contributed by atoms with Crippen LogP contribution in [0.1, 0.15) is 5.56 Å². The summed E-state index contributed by atoms with van der Waals surface area (Å²) in [6.45, 7) is 3.67. The van der Waals surface area contributed by atoms with Crippen LogP contribution in [0.3, 0.4) is 0 Å². The molecule has 0 aromatic heterocycles. The summed E-state index contributed by atoms with van der Waals surface area (Å²) >= 11 is 0. The number of fused-ring (bicyclic) bond motifs is 1. The third-order valence-electron chi connectivity index (χ3n) is 1.73. The molecule has 3 heteroatoms. The number of ether oxygens (including phenoxy) is 1. The van der Waals surface area contributed by atoms with E-state index in [-0.39, 0.29) is 0 Å². The number of carbonyl (C=O) groups is 1. The lowest BCUT2D eigenvalue weighted by atomic mass is 10.1. The van der Waals surface area contributed by atoms with Crippen molar-refractivity contribution >= 4 is 12.0 Å². The quantitative estimate of drug-likeness (QED) is 0.714. The third-order valence-corrected chi connectivity index (χ3v) is 1.73. The number of hydrogen-bond acceptors (Lipinski definition) is 2. The average molecular weight is 204 g/mol. The molecule has 1 aromatic carbocycles. The van der Waals surface area contributed by atoms with Gasteiger partial charge in [0.25, 0.3) is 0 Å². The summed E-state index contributed by atoms with van der Waals surface area (Å²) in [5.74, 6) is 0.00926. The van der Waals surface area contributed by atoms with Crippen molar-refractivity contribution in [3.8, 4) is 5.75 Å². The van der Waals surface area contributed by atoms with Gasteiger partial charge in [-0.25, -0.2) is 4.79 Å². The van der Waals surface area contributed by atoms with E-state index in [4.69, 9.17) is 9.84 Å². The number of hydrogen-bond donors (Lipinski definition) is 1. The van der Waals surface area contributed by atoms with Gasteiger partial charge in [-0.3, -0.25) is 0 Å². The highest BCUT2D eigenvalue weighted by atomic mass is 16.5. The van der Waals surface area contributed by atoms with Gasteiger partial charge in [0, 0.05) is 11.6 Å². The van der Waals surface area contributed by atoms with Crippen LogP contribution in [0, 0.1) is 0 Å². The highest BCUT2D eigenvalue weighted by Gasteiger charge is 2.01. The molecule has 0 aliphatic carbocycles. The molecule has 3 nitrogen and oxygen atoms in total. The standard InChI is InChI=1S/C9H8O.C3H4O2/c1-2-6-9-8(4-1)5-3-7-10-9;1-2-3(4)5/h1-6H,7H2;2H,1H2,(H,4,5). The molecule has 1 N–H and O–H groups in total. The minimum absolute atomic E-state index is 0.705. The molecule has 1 heterocycles. The third kappa shape index (κ3) is 3.68. The van der Waals surface area contributed by atoms with Gasteiger partial charge in [0.1, 0.15) is 12.4 Å². The SMILES string of the molecule is C1=Cc2ccccc2OC1.C=CC(=O)O. The predicted octanol–water partition coefficient (Wildman–Crippen LogP) is 2.35. The van der Waals surface area contributed by atoms with Crippen LogP contribution < -0.4 is 4.74 Å². The molecule has 0 amide bonds. The fraction of sp³-hybridized carbons (Fsp3) is 0.0833. The summed E-state index contributed by atoms with van der Waals surface area (Å²) in [7, 11) is 0. The lowest BCUT2D eigenvalue weighted by Crippen LogP contribution is -1.98. The first kappa shape index (κ1) is 11.0. The van der Waals surface area contributed by atoms with E-state index in [0.29, 0.717) is 6.61 Å². The normalized spacial score (nSPS) is 11.5. The molecule has 0 saturated heterocycles. The maximum atomic E-state index is 9.25. The summed E-state index contributed by atoms with van der Waals surface area (Å²) in [4.78, 5) is 9.25. The van der Waals surface area contributed by atoms with E-state index in [1.165, 1.54) is 5.56 Å². The highest BCUT2D eigenvalue weighted by molar-refractivity contribution is 5.78. The van der Waals surface area contributed by atoms with Gasteiger partial charge in [0.15, 0.2) is 0 Å². The van der Waals surface area contributed by atoms with E-state index >= 15 is 0 Å². The molecule has 0 spiro atoms. The number of aliphatic carboxylic acids is 1. The lowest BCUT2D eigenvalue weighted by Gasteiger charge is -2.10. The topological polar surface area (TPSA) is 46.5 Å². The maximum Gasteiger partial charge on any atom is 0.327 e. The molecule has 1 aliphatic rings. The van der Waals surface area contributed by atoms with Crippen molar-refractivity contribution in [3.63, 3.8) is 0 Å². The van der Waals surface area contributed by atoms with Crippen LogP contribution in [0.4, 0.5) is 0 Å². The molecule has 1 aromatic rings. The zero-order valence-corrected chi connectivity index (χ0v) is 8.22. The van der Waals surface area contributed by atoms with Gasteiger partial charge in [0.05, 0.1) is 0 Å². The van der Waals surface area contributed by atoms with E-state index in [9.17, 15) is 4.79 Å². The molecular formula is C12H12O3. The second-order valence-corrected chi connectivity index (χ2v) is 2.79. The maximum absolute atomic E-state index is 9.25. The van der Waals surface area contributed by atoms with E-state index in [0.717, 1.165) is 11.8 Å². The lowest BCUT2D eigenvalue weighted by molar-refractivity contribution is -0.131. The van der Waals surface area contributed by atoms with E-state index in [1.54, 1.807) is 0 Å². The highest BCUT2D eigenvalue weighted by Crippen LogP contribution is 2.21. The van der Waals surface area contributed by atoms with Gasteiger partial charge in [-0.2, -0.15) is 0 Å². The number of para-hydroxylation sites is 1. The van der Waals surface area contributed by atoms with Crippen LogP contribution in [0.15, 0.2) is 43.0 Å². The van der Waals surface area contributed by atoms with Gasteiger partial charge in [0.2, 0.25) is 0 Å². The molecule has 0 fully saturated rings.